The highest BCUT2D eigenvalue weighted by Crippen LogP contribution is 2.31. The summed E-state index contributed by atoms with van der Waals surface area (Å²) in [7, 11) is 1.42. The van der Waals surface area contributed by atoms with Gasteiger partial charge in [-0.15, -0.1) is 0 Å². The lowest BCUT2D eigenvalue weighted by atomic mass is 10.2. The zero-order valence-electron chi connectivity index (χ0n) is 10.6. The van der Waals surface area contributed by atoms with Crippen LogP contribution in [0.3, 0.4) is 0 Å². The third-order valence-corrected chi connectivity index (χ3v) is 2.54. The molecule has 0 spiro atoms. The van der Waals surface area contributed by atoms with Gasteiger partial charge in [-0.05, 0) is 23.7 Å². The summed E-state index contributed by atoms with van der Waals surface area (Å²) < 4.78 is 10.3. The number of aromatic nitrogens is 2. The number of benzene rings is 1. The number of rotatable bonds is 4. The predicted molar refractivity (Wildman–Crippen MR) is 71.5 cm³/mol. The SMILES string of the molecule is COc1cc(C#N)cc(Oc2nc(Cl)ncc2[N+](=O)[O-])c1. The highest BCUT2D eigenvalue weighted by Gasteiger charge is 2.19. The summed E-state index contributed by atoms with van der Waals surface area (Å²) in [5, 5.41) is 19.6. The Bertz CT molecular complexity index is 745. The molecule has 8 nitrogen and oxygen atoms in total. The smallest absolute Gasteiger partial charge is 0.349 e. The monoisotopic (exact) mass is 306 g/mol. The first-order valence-corrected chi connectivity index (χ1v) is 5.85. The highest BCUT2D eigenvalue weighted by atomic mass is 35.5. The van der Waals surface area contributed by atoms with Crippen molar-refractivity contribution in [1.29, 1.82) is 5.26 Å². The Labute approximate surface area is 123 Å². The Morgan fingerprint density at radius 3 is 2.71 bits per heavy atom. The summed E-state index contributed by atoms with van der Waals surface area (Å²) in [6, 6.07) is 6.27. The van der Waals surface area contributed by atoms with Crippen LogP contribution in [0.25, 0.3) is 0 Å². The molecule has 0 fully saturated rings. The molecule has 2 rings (SSSR count). The lowest BCUT2D eigenvalue weighted by Crippen LogP contribution is -1.98. The minimum Gasteiger partial charge on any atom is -0.497 e. The average Bonchev–Trinajstić information content (AvgIpc) is 2.46. The number of halogens is 1. The Hall–Kier alpha value is -2.92. The van der Waals surface area contributed by atoms with Crippen molar-refractivity contribution in [2.75, 3.05) is 7.11 Å². The molecule has 0 saturated heterocycles. The summed E-state index contributed by atoms with van der Waals surface area (Å²) >= 11 is 5.60. The van der Waals surface area contributed by atoms with E-state index in [-0.39, 0.29) is 22.5 Å². The molecule has 1 heterocycles. The number of nitrogens with zero attached hydrogens (tertiary/aromatic N) is 4. The van der Waals surface area contributed by atoms with E-state index in [1.165, 1.54) is 25.3 Å². The van der Waals surface area contributed by atoms with E-state index in [2.05, 4.69) is 9.97 Å². The van der Waals surface area contributed by atoms with Crippen LogP contribution in [0.15, 0.2) is 24.4 Å². The van der Waals surface area contributed by atoms with Gasteiger partial charge in [0.05, 0.1) is 23.7 Å². The minimum absolute atomic E-state index is 0.156. The van der Waals surface area contributed by atoms with Crippen LogP contribution in [0.5, 0.6) is 17.4 Å². The van der Waals surface area contributed by atoms with E-state index >= 15 is 0 Å². The standard InChI is InChI=1S/C12H7ClN4O4/c1-20-8-2-7(5-14)3-9(4-8)21-11-10(17(18)19)6-15-12(13)16-11/h2-4,6H,1H3. The van der Waals surface area contributed by atoms with Gasteiger partial charge in [0.2, 0.25) is 5.28 Å². The molecule has 0 bridgehead atoms. The van der Waals surface area contributed by atoms with E-state index in [1.54, 1.807) is 0 Å². The zero-order chi connectivity index (χ0) is 15.4. The van der Waals surface area contributed by atoms with Crippen molar-refractivity contribution in [1.82, 2.24) is 9.97 Å². The predicted octanol–water partition coefficient (Wildman–Crippen LogP) is 2.71. The molecule has 0 aliphatic carbocycles. The zero-order valence-corrected chi connectivity index (χ0v) is 11.4. The van der Waals surface area contributed by atoms with E-state index < -0.39 is 10.6 Å². The quantitative estimate of drug-likeness (QED) is 0.485. The van der Waals surface area contributed by atoms with E-state index in [4.69, 9.17) is 26.3 Å². The highest BCUT2D eigenvalue weighted by molar-refractivity contribution is 6.28. The van der Waals surface area contributed by atoms with Crippen molar-refractivity contribution in [2.24, 2.45) is 0 Å². The van der Waals surface area contributed by atoms with Crippen LogP contribution in [-0.2, 0) is 0 Å². The molecule has 0 radical (unpaired) electrons. The molecule has 1 aromatic carbocycles. The second kappa shape index (κ2) is 6.02. The maximum atomic E-state index is 10.9. The minimum atomic E-state index is -0.697. The van der Waals surface area contributed by atoms with Crippen LogP contribution in [0.4, 0.5) is 5.69 Å². The number of nitriles is 1. The molecular weight excluding hydrogens is 300 g/mol. The maximum absolute atomic E-state index is 10.9. The molecule has 1 aromatic heterocycles. The topological polar surface area (TPSA) is 111 Å². The van der Waals surface area contributed by atoms with Gasteiger partial charge < -0.3 is 9.47 Å². The van der Waals surface area contributed by atoms with Crippen molar-refractivity contribution in [3.63, 3.8) is 0 Å². The fraction of sp³-hybridized carbons (Fsp3) is 0.0833. The van der Waals surface area contributed by atoms with Gasteiger partial charge >= 0.3 is 11.6 Å². The number of ether oxygens (including phenoxy) is 2. The maximum Gasteiger partial charge on any atom is 0.349 e. The molecule has 0 unspecified atom stereocenters. The molecule has 0 aliphatic heterocycles. The lowest BCUT2D eigenvalue weighted by molar-refractivity contribution is -0.386. The van der Waals surface area contributed by atoms with E-state index in [0.717, 1.165) is 6.20 Å². The summed E-state index contributed by atoms with van der Waals surface area (Å²) in [4.78, 5) is 17.4. The Morgan fingerprint density at radius 1 is 1.38 bits per heavy atom. The first-order valence-electron chi connectivity index (χ1n) is 5.47. The van der Waals surface area contributed by atoms with Crippen LogP contribution in [0, 0.1) is 21.4 Å². The molecule has 9 heteroatoms. The van der Waals surface area contributed by atoms with Crippen molar-refractivity contribution in [3.05, 3.63) is 45.4 Å². The largest absolute Gasteiger partial charge is 0.497 e. The van der Waals surface area contributed by atoms with Gasteiger partial charge in [-0.2, -0.15) is 10.2 Å². The van der Waals surface area contributed by atoms with Crippen molar-refractivity contribution in [3.8, 4) is 23.4 Å². The van der Waals surface area contributed by atoms with Crippen molar-refractivity contribution < 1.29 is 14.4 Å². The fourth-order valence-corrected chi connectivity index (χ4v) is 1.59. The summed E-state index contributed by atoms with van der Waals surface area (Å²) in [6.07, 6.45) is 0.941. The average molecular weight is 307 g/mol. The number of methoxy groups -OCH3 is 1. The summed E-state index contributed by atoms with van der Waals surface area (Å²) in [6.45, 7) is 0. The lowest BCUT2D eigenvalue weighted by Gasteiger charge is -2.07. The molecule has 2 aromatic rings. The van der Waals surface area contributed by atoms with Crippen LogP contribution in [-0.4, -0.2) is 22.0 Å². The van der Waals surface area contributed by atoms with E-state index in [0.29, 0.717) is 5.75 Å². The third-order valence-electron chi connectivity index (χ3n) is 2.36. The second-order valence-corrected chi connectivity index (χ2v) is 4.04. The second-order valence-electron chi connectivity index (χ2n) is 3.70. The fourth-order valence-electron chi connectivity index (χ4n) is 1.46. The third kappa shape index (κ3) is 3.34. The number of hydrogen-bond acceptors (Lipinski definition) is 7. The molecular formula is C12H7ClN4O4. The molecule has 0 saturated carbocycles. The Morgan fingerprint density at radius 2 is 2.10 bits per heavy atom. The van der Waals surface area contributed by atoms with Crippen LogP contribution >= 0.6 is 11.6 Å². The molecule has 0 aliphatic rings. The molecule has 0 N–H and O–H groups in total. The van der Waals surface area contributed by atoms with Gasteiger partial charge in [0.25, 0.3) is 0 Å². The van der Waals surface area contributed by atoms with Gasteiger partial charge in [0.15, 0.2) is 0 Å². The van der Waals surface area contributed by atoms with Gasteiger partial charge in [-0.3, -0.25) is 10.1 Å². The van der Waals surface area contributed by atoms with Crippen LogP contribution in [0.2, 0.25) is 5.28 Å². The molecule has 21 heavy (non-hydrogen) atoms. The van der Waals surface area contributed by atoms with Gasteiger partial charge in [-0.1, -0.05) is 0 Å². The van der Waals surface area contributed by atoms with Crippen LogP contribution in [0.1, 0.15) is 5.56 Å². The first-order chi connectivity index (χ1) is 10.0. The number of nitro groups is 1. The van der Waals surface area contributed by atoms with Crippen LogP contribution < -0.4 is 9.47 Å². The van der Waals surface area contributed by atoms with Crippen molar-refractivity contribution in [2.45, 2.75) is 0 Å². The Kier molecular flexibility index (Phi) is 4.15. The van der Waals surface area contributed by atoms with Gasteiger partial charge in [-0.25, -0.2) is 4.98 Å². The number of hydrogen-bond donors (Lipinski definition) is 0. The molecule has 0 atom stereocenters. The molecule has 0 amide bonds. The van der Waals surface area contributed by atoms with E-state index in [9.17, 15) is 10.1 Å². The van der Waals surface area contributed by atoms with E-state index in [1.807, 2.05) is 6.07 Å². The van der Waals surface area contributed by atoms with Crippen molar-refractivity contribution >= 4 is 17.3 Å². The summed E-state index contributed by atoms with van der Waals surface area (Å²) in [5.74, 6) is 0.202. The molecule has 106 valence electrons. The summed E-state index contributed by atoms with van der Waals surface area (Å²) in [5.41, 5.74) is -0.173. The normalized spacial score (nSPS) is 9.76. The first kappa shape index (κ1) is 14.5. The van der Waals surface area contributed by atoms with Gasteiger partial charge in [0, 0.05) is 6.07 Å². The Balaban J connectivity index is 2.45. The van der Waals surface area contributed by atoms with Gasteiger partial charge in [0.1, 0.15) is 17.7 Å².